The van der Waals surface area contributed by atoms with E-state index in [9.17, 15) is 0 Å². The first-order valence-electron chi connectivity index (χ1n) is 6.90. The first-order chi connectivity index (χ1) is 9.15. The van der Waals surface area contributed by atoms with Crippen LogP contribution in [0.15, 0.2) is 18.2 Å². The summed E-state index contributed by atoms with van der Waals surface area (Å²) < 4.78 is 5.85. The largest absolute Gasteiger partial charge is 0.493 e. The van der Waals surface area contributed by atoms with Crippen molar-refractivity contribution < 1.29 is 4.74 Å². The Morgan fingerprint density at radius 3 is 2.79 bits per heavy atom. The Bertz CT molecular complexity index is 369. The van der Waals surface area contributed by atoms with Gasteiger partial charge in [0.15, 0.2) is 0 Å². The van der Waals surface area contributed by atoms with Gasteiger partial charge in [0.25, 0.3) is 0 Å². The number of hydrogen-bond donors (Lipinski definition) is 1. The first-order valence-corrected chi connectivity index (χ1v) is 7.28. The molecule has 1 N–H and O–H groups in total. The lowest BCUT2D eigenvalue weighted by Gasteiger charge is -2.14. The van der Waals surface area contributed by atoms with Gasteiger partial charge in [-0.2, -0.15) is 0 Å². The monoisotopic (exact) mass is 284 g/mol. The summed E-state index contributed by atoms with van der Waals surface area (Å²) in [6.45, 7) is 5.66. The highest BCUT2D eigenvalue weighted by Crippen LogP contribution is 2.26. The SMILES string of the molecule is CCCNCc1c(Cl)cccc1OCCCN(C)C. The second-order valence-corrected chi connectivity index (χ2v) is 5.31. The van der Waals surface area contributed by atoms with Crippen LogP contribution in [-0.2, 0) is 6.54 Å². The smallest absolute Gasteiger partial charge is 0.125 e. The molecule has 0 aliphatic heterocycles. The minimum absolute atomic E-state index is 0.722. The maximum Gasteiger partial charge on any atom is 0.125 e. The molecule has 0 aromatic heterocycles. The van der Waals surface area contributed by atoms with Gasteiger partial charge in [-0.3, -0.25) is 0 Å². The molecule has 0 saturated heterocycles. The van der Waals surface area contributed by atoms with Gasteiger partial charge in [-0.25, -0.2) is 0 Å². The molecule has 0 bridgehead atoms. The molecule has 1 aromatic rings. The molecule has 1 rings (SSSR count). The van der Waals surface area contributed by atoms with E-state index < -0.39 is 0 Å². The van der Waals surface area contributed by atoms with E-state index in [0.29, 0.717) is 0 Å². The van der Waals surface area contributed by atoms with Crippen molar-refractivity contribution in [3.8, 4) is 5.75 Å². The average Bonchev–Trinajstić information content (AvgIpc) is 2.37. The quantitative estimate of drug-likeness (QED) is 0.705. The lowest BCUT2D eigenvalue weighted by atomic mass is 10.2. The molecule has 3 nitrogen and oxygen atoms in total. The normalized spacial score (nSPS) is 11.0. The number of hydrogen-bond acceptors (Lipinski definition) is 3. The van der Waals surface area contributed by atoms with E-state index in [1.807, 2.05) is 18.2 Å². The van der Waals surface area contributed by atoms with Crippen molar-refractivity contribution in [2.45, 2.75) is 26.3 Å². The highest BCUT2D eigenvalue weighted by atomic mass is 35.5. The number of ether oxygens (including phenoxy) is 1. The van der Waals surface area contributed by atoms with Gasteiger partial charge in [-0.1, -0.05) is 24.6 Å². The van der Waals surface area contributed by atoms with Gasteiger partial charge >= 0.3 is 0 Å². The molecule has 0 unspecified atom stereocenters. The summed E-state index contributed by atoms with van der Waals surface area (Å²) in [6, 6.07) is 5.84. The van der Waals surface area contributed by atoms with Crippen LogP contribution >= 0.6 is 11.6 Å². The standard InChI is InChI=1S/C15H25ClN2O/c1-4-9-17-12-13-14(16)7-5-8-15(13)19-11-6-10-18(2)3/h5,7-8,17H,4,6,9-12H2,1-3H3. The molecule has 0 amide bonds. The number of halogens is 1. The fourth-order valence-electron chi connectivity index (χ4n) is 1.80. The summed E-state index contributed by atoms with van der Waals surface area (Å²) >= 11 is 6.24. The van der Waals surface area contributed by atoms with Crippen LogP contribution in [0.5, 0.6) is 5.75 Å². The van der Waals surface area contributed by atoms with E-state index in [0.717, 1.165) is 55.4 Å². The Balaban J connectivity index is 2.53. The van der Waals surface area contributed by atoms with Crippen LogP contribution in [0.4, 0.5) is 0 Å². The Kier molecular flexibility index (Phi) is 7.87. The molecule has 0 heterocycles. The zero-order chi connectivity index (χ0) is 14.1. The van der Waals surface area contributed by atoms with Crippen molar-refractivity contribution in [2.75, 3.05) is 33.8 Å². The Morgan fingerprint density at radius 1 is 1.32 bits per heavy atom. The Labute approximate surface area is 121 Å². The van der Waals surface area contributed by atoms with Crippen molar-refractivity contribution in [1.29, 1.82) is 0 Å². The van der Waals surface area contributed by atoms with Crippen molar-refractivity contribution in [2.24, 2.45) is 0 Å². The van der Waals surface area contributed by atoms with Crippen LogP contribution in [-0.4, -0.2) is 38.7 Å². The third-order valence-electron chi connectivity index (χ3n) is 2.81. The van der Waals surface area contributed by atoms with Gasteiger partial charge in [-0.05, 0) is 45.6 Å². The summed E-state index contributed by atoms with van der Waals surface area (Å²) in [6.07, 6.45) is 2.13. The van der Waals surface area contributed by atoms with Crippen molar-refractivity contribution in [3.63, 3.8) is 0 Å². The maximum absolute atomic E-state index is 6.24. The van der Waals surface area contributed by atoms with Crippen LogP contribution in [0.25, 0.3) is 0 Å². The fraction of sp³-hybridized carbons (Fsp3) is 0.600. The van der Waals surface area contributed by atoms with E-state index in [-0.39, 0.29) is 0 Å². The molecule has 0 atom stereocenters. The number of nitrogens with one attached hydrogen (secondary N) is 1. The Morgan fingerprint density at radius 2 is 2.11 bits per heavy atom. The minimum atomic E-state index is 0.722. The lowest BCUT2D eigenvalue weighted by molar-refractivity contribution is 0.279. The average molecular weight is 285 g/mol. The van der Waals surface area contributed by atoms with Gasteiger partial charge in [0.1, 0.15) is 5.75 Å². The topological polar surface area (TPSA) is 24.5 Å². The third-order valence-corrected chi connectivity index (χ3v) is 3.17. The highest BCUT2D eigenvalue weighted by Gasteiger charge is 2.07. The summed E-state index contributed by atoms with van der Waals surface area (Å²) in [5.41, 5.74) is 1.06. The fourth-order valence-corrected chi connectivity index (χ4v) is 2.03. The zero-order valence-corrected chi connectivity index (χ0v) is 13.0. The van der Waals surface area contributed by atoms with E-state index >= 15 is 0 Å². The van der Waals surface area contributed by atoms with Crippen LogP contribution in [0.2, 0.25) is 5.02 Å². The van der Waals surface area contributed by atoms with Gasteiger partial charge in [0.05, 0.1) is 6.61 Å². The molecule has 0 radical (unpaired) electrons. The number of benzene rings is 1. The van der Waals surface area contributed by atoms with Crippen molar-refractivity contribution in [3.05, 3.63) is 28.8 Å². The molecule has 0 saturated carbocycles. The zero-order valence-electron chi connectivity index (χ0n) is 12.2. The first kappa shape index (κ1) is 16.3. The molecule has 19 heavy (non-hydrogen) atoms. The second kappa shape index (κ2) is 9.18. The van der Waals surface area contributed by atoms with Crippen LogP contribution in [0, 0.1) is 0 Å². The molecule has 0 spiro atoms. The molecular formula is C15H25ClN2O. The summed E-state index contributed by atoms with van der Waals surface area (Å²) in [5.74, 6) is 0.898. The molecule has 0 aliphatic carbocycles. The van der Waals surface area contributed by atoms with Gasteiger partial charge < -0.3 is 15.0 Å². The predicted molar refractivity (Wildman–Crippen MR) is 82.1 cm³/mol. The molecular weight excluding hydrogens is 260 g/mol. The molecule has 108 valence electrons. The molecule has 0 aliphatic rings. The third kappa shape index (κ3) is 6.28. The number of rotatable bonds is 9. The van der Waals surface area contributed by atoms with Crippen LogP contribution in [0.1, 0.15) is 25.3 Å². The lowest BCUT2D eigenvalue weighted by Crippen LogP contribution is -2.17. The highest BCUT2D eigenvalue weighted by molar-refractivity contribution is 6.31. The molecule has 4 heteroatoms. The minimum Gasteiger partial charge on any atom is -0.493 e. The summed E-state index contributed by atoms with van der Waals surface area (Å²) in [4.78, 5) is 2.16. The van der Waals surface area contributed by atoms with Crippen molar-refractivity contribution >= 4 is 11.6 Å². The van der Waals surface area contributed by atoms with Crippen molar-refractivity contribution in [1.82, 2.24) is 10.2 Å². The van der Waals surface area contributed by atoms with Gasteiger partial charge in [0, 0.05) is 23.7 Å². The number of nitrogens with zero attached hydrogens (tertiary/aromatic N) is 1. The van der Waals surface area contributed by atoms with E-state index in [1.54, 1.807) is 0 Å². The molecule has 0 fully saturated rings. The van der Waals surface area contributed by atoms with E-state index in [1.165, 1.54) is 0 Å². The second-order valence-electron chi connectivity index (χ2n) is 4.90. The van der Waals surface area contributed by atoms with Crippen LogP contribution in [0.3, 0.4) is 0 Å². The predicted octanol–water partition coefficient (Wildman–Crippen LogP) is 3.17. The molecule has 1 aromatic carbocycles. The van der Waals surface area contributed by atoms with Gasteiger partial charge in [-0.15, -0.1) is 0 Å². The summed E-state index contributed by atoms with van der Waals surface area (Å²) in [5, 5.41) is 4.14. The maximum atomic E-state index is 6.24. The van der Waals surface area contributed by atoms with Crippen LogP contribution < -0.4 is 10.1 Å². The van der Waals surface area contributed by atoms with Gasteiger partial charge in [0.2, 0.25) is 0 Å². The van der Waals surface area contributed by atoms with E-state index in [2.05, 4.69) is 31.2 Å². The van der Waals surface area contributed by atoms with E-state index in [4.69, 9.17) is 16.3 Å². The Hall–Kier alpha value is -0.770. The summed E-state index contributed by atoms with van der Waals surface area (Å²) in [7, 11) is 4.14.